The average Bonchev–Trinajstić information content (AvgIpc) is 3.41. The number of amides is 1. The van der Waals surface area contributed by atoms with Gasteiger partial charge in [-0.05, 0) is 42.3 Å². The molecule has 0 bridgehead atoms. The molecule has 2 heterocycles. The predicted molar refractivity (Wildman–Crippen MR) is 132 cm³/mol. The van der Waals surface area contributed by atoms with E-state index in [2.05, 4.69) is 23.6 Å². The zero-order chi connectivity index (χ0) is 22.8. The summed E-state index contributed by atoms with van der Waals surface area (Å²) in [6.45, 7) is 3.83. The zero-order valence-corrected chi connectivity index (χ0v) is 19.3. The van der Waals surface area contributed by atoms with Crippen molar-refractivity contribution in [1.29, 1.82) is 0 Å². The van der Waals surface area contributed by atoms with E-state index in [0.717, 1.165) is 29.0 Å². The summed E-state index contributed by atoms with van der Waals surface area (Å²) in [7, 11) is 0. The van der Waals surface area contributed by atoms with Gasteiger partial charge in [0.25, 0.3) is 0 Å². The van der Waals surface area contributed by atoms with Gasteiger partial charge in [-0.2, -0.15) is 0 Å². The Labute approximate surface area is 198 Å². The van der Waals surface area contributed by atoms with Crippen molar-refractivity contribution in [2.45, 2.75) is 32.2 Å². The molecular formula is C27H26ClN3O2. The average molecular weight is 460 g/mol. The van der Waals surface area contributed by atoms with E-state index < -0.39 is 0 Å². The SMILES string of the molecule is CCc1ccccc1N1C[C@@H](c2nc3ccccc3n2CCOc2ccccc2Cl)CC1=O. The van der Waals surface area contributed by atoms with Gasteiger partial charge in [-0.1, -0.05) is 61.0 Å². The minimum Gasteiger partial charge on any atom is -0.490 e. The zero-order valence-electron chi connectivity index (χ0n) is 18.6. The molecule has 0 N–H and O–H groups in total. The van der Waals surface area contributed by atoms with Crippen LogP contribution in [0.3, 0.4) is 0 Å². The lowest BCUT2D eigenvalue weighted by molar-refractivity contribution is -0.117. The molecule has 1 fully saturated rings. The Balaban J connectivity index is 1.42. The van der Waals surface area contributed by atoms with Crippen LogP contribution in [0, 0.1) is 0 Å². The Morgan fingerprint density at radius 1 is 1.03 bits per heavy atom. The number of halogens is 1. The maximum atomic E-state index is 13.0. The van der Waals surface area contributed by atoms with Crippen LogP contribution >= 0.6 is 11.6 Å². The minimum atomic E-state index is 0.0233. The van der Waals surface area contributed by atoms with Gasteiger partial charge in [0.1, 0.15) is 18.2 Å². The number of hydrogen-bond acceptors (Lipinski definition) is 3. The van der Waals surface area contributed by atoms with E-state index in [1.165, 1.54) is 5.56 Å². The second-order valence-electron chi connectivity index (χ2n) is 8.28. The van der Waals surface area contributed by atoms with Gasteiger partial charge in [0, 0.05) is 24.6 Å². The predicted octanol–water partition coefficient (Wildman–Crippen LogP) is 5.85. The van der Waals surface area contributed by atoms with Gasteiger partial charge in [-0.25, -0.2) is 4.98 Å². The molecule has 3 aromatic carbocycles. The third-order valence-corrected chi connectivity index (χ3v) is 6.56. The van der Waals surface area contributed by atoms with Crippen molar-refractivity contribution in [2.24, 2.45) is 0 Å². The largest absolute Gasteiger partial charge is 0.490 e. The smallest absolute Gasteiger partial charge is 0.227 e. The number of aromatic nitrogens is 2. The van der Waals surface area contributed by atoms with Gasteiger partial charge in [0.05, 0.1) is 22.6 Å². The molecule has 0 aliphatic carbocycles. The summed E-state index contributed by atoms with van der Waals surface area (Å²) < 4.78 is 8.15. The number of nitrogens with zero attached hydrogens (tertiary/aromatic N) is 3. The maximum absolute atomic E-state index is 13.0. The van der Waals surface area contributed by atoms with Gasteiger partial charge in [0.2, 0.25) is 5.91 Å². The lowest BCUT2D eigenvalue weighted by Gasteiger charge is -2.20. The highest BCUT2D eigenvalue weighted by Gasteiger charge is 2.35. The number of carbonyl (C=O) groups excluding carboxylic acids is 1. The summed E-state index contributed by atoms with van der Waals surface area (Å²) in [6.07, 6.45) is 1.34. The van der Waals surface area contributed by atoms with E-state index >= 15 is 0 Å². The van der Waals surface area contributed by atoms with Crippen LogP contribution in [0.2, 0.25) is 5.02 Å². The molecular weight excluding hydrogens is 434 g/mol. The van der Waals surface area contributed by atoms with Crippen LogP contribution < -0.4 is 9.64 Å². The second kappa shape index (κ2) is 9.28. The van der Waals surface area contributed by atoms with E-state index in [-0.39, 0.29) is 11.8 Å². The fraction of sp³-hybridized carbons (Fsp3) is 0.259. The monoisotopic (exact) mass is 459 g/mol. The summed E-state index contributed by atoms with van der Waals surface area (Å²) in [5.74, 6) is 1.77. The third kappa shape index (κ3) is 4.21. The Bertz CT molecular complexity index is 1300. The van der Waals surface area contributed by atoms with Crippen molar-refractivity contribution < 1.29 is 9.53 Å². The quantitative estimate of drug-likeness (QED) is 0.348. The number of carbonyl (C=O) groups is 1. The second-order valence-corrected chi connectivity index (χ2v) is 8.68. The van der Waals surface area contributed by atoms with Crippen LogP contribution in [-0.4, -0.2) is 28.6 Å². The summed E-state index contributed by atoms with van der Waals surface area (Å²) >= 11 is 6.24. The van der Waals surface area contributed by atoms with Crippen molar-refractivity contribution in [1.82, 2.24) is 9.55 Å². The molecule has 0 saturated carbocycles. The molecule has 0 radical (unpaired) electrons. The maximum Gasteiger partial charge on any atom is 0.227 e. The number of imidazole rings is 1. The number of benzene rings is 3. The van der Waals surface area contributed by atoms with Crippen molar-refractivity contribution in [3.63, 3.8) is 0 Å². The van der Waals surface area contributed by atoms with Crippen molar-refractivity contribution >= 4 is 34.2 Å². The lowest BCUT2D eigenvalue weighted by atomic mass is 10.1. The lowest BCUT2D eigenvalue weighted by Crippen LogP contribution is -2.25. The minimum absolute atomic E-state index is 0.0233. The van der Waals surface area contributed by atoms with E-state index in [1.807, 2.05) is 65.6 Å². The summed E-state index contributed by atoms with van der Waals surface area (Å²) in [5, 5.41) is 0.597. The number of ether oxygens (including phenoxy) is 1. The summed E-state index contributed by atoms with van der Waals surface area (Å²) in [6, 6.07) is 23.7. The Morgan fingerprint density at radius 3 is 2.64 bits per heavy atom. The molecule has 1 amide bonds. The number of rotatable bonds is 7. The van der Waals surface area contributed by atoms with E-state index in [4.69, 9.17) is 21.3 Å². The fourth-order valence-electron chi connectivity index (χ4n) is 4.64. The molecule has 5 nitrogen and oxygen atoms in total. The molecule has 33 heavy (non-hydrogen) atoms. The first kappa shape index (κ1) is 21.5. The van der Waals surface area contributed by atoms with Crippen LogP contribution in [0.4, 0.5) is 5.69 Å². The summed E-state index contributed by atoms with van der Waals surface area (Å²) in [4.78, 5) is 19.9. The highest BCUT2D eigenvalue weighted by atomic mass is 35.5. The molecule has 1 aliphatic rings. The molecule has 4 aromatic rings. The van der Waals surface area contributed by atoms with Crippen LogP contribution in [0.15, 0.2) is 72.8 Å². The van der Waals surface area contributed by atoms with Gasteiger partial charge < -0.3 is 14.2 Å². The molecule has 6 heteroatoms. The molecule has 1 atom stereocenters. The van der Waals surface area contributed by atoms with Crippen molar-refractivity contribution in [2.75, 3.05) is 18.1 Å². The topological polar surface area (TPSA) is 47.4 Å². The van der Waals surface area contributed by atoms with Gasteiger partial charge in [0.15, 0.2) is 0 Å². The number of fused-ring (bicyclic) bond motifs is 1. The third-order valence-electron chi connectivity index (χ3n) is 6.25. The van der Waals surface area contributed by atoms with E-state index in [0.29, 0.717) is 36.9 Å². The molecule has 5 rings (SSSR count). The number of aryl methyl sites for hydroxylation is 1. The molecule has 1 saturated heterocycles. The van der Waals surface area contributed by atoms with Crippen LogP contribution in [0.25, 0.3) is 11.0 Å². The first-order valence-electron chi connectivity index (χ1n) is 11.4. The number of anilines is 1. The van der Waals surface area contributed by atoms with Crippen LogP contribution in [0.5, 0.6) is 5.75 Å². The molecule has 168 valence electrons. The molecule has 0 spiro atoms. The van der Waals surface area contributed by atoms with Gasteiger partial charge in [-0.3, -0.25) is 4.79 Å². The normalized spacial score (nSPS) is 16.0. The molecule has 0 unspecified atom stereocenters. The van der Waals surface area contributed by atoms with Gasteiger partial charge in [-0.15, -0.1) is 0 Å². The van der Waals surface area contributed by atoms with Crippen molar-refractivity contribution in [3.05, 3.63) is 89.2 Å². The van der Waals surface area contributed by atoms with E-state index in [1.54, 1.807) is 0 Å². The standard InChI is InChI=1S/C27H26ClN3O2/c1-2-19-9-3-6-12-23(19)31-18-20(17-26(31)32)27-29-22-11-5-7-13-24(22)30(27)15-16-33-25-14-8-4-10-21(25)28/h3-14,20H,2,15-18H2,1H3/t20-/m0/s1. The number of hydrogen-bond donors (Lipinski definition) is 0. The van der Waals surface area contributed by atoms with Crippen molar-refractivity contribution in [3.8, 4) is 5.75 Å². The first-order chi connectivity index (χ1) is 16.2. The van der Waals surface area contributed by atoms with Crippen LogP contribution in [-0.2, 0) is 17.8 Å². The fourth-order valence-corrected chi connectivity index (χ4v) is 4.83. The van der Waals surface area contributed by atoms with Gasteiger partial charge >= 0.3 is 0 Å². The van der Waals surface area contributed by atoms with E-state index in [9.17, 15) is 4.79 Å². The Kier molecular flexibility index (Phi) is 6.05. The summed E-state index contributed by atoms with van der Waals surface area (Å²) in [5.41, 5.74) is 4.19. The Hall–Kier alpha value is -3.31. The molecule has 1 aromatic heterocycles. The Morgan fingerprint density at radius 2 is 1.79 bits per heavy atom. The first-order valence-corrected chi connectivity index (χ1v) is 11.7. The van der Waals surface area contributed by atoms with Crippen LogP contribution in [0.1, 0.15) is 30.7 Å². The number of para-hydroxylation sites is 4. The highest BCUT2D eigenvalue weighted by molar-refractivity contribution is 6.32. The highest BCUT2D eigenvalue weighted by Crippen LogP contribution is 2.35. The molecule has 1 aliphatic heterocycles.